The van der Waals surface area contributed by atoms with Crippen LogP contribution in [0.15, 0.2) is 0 Å². The Kier molecular flexibility index (Phi) is 9.56. The van der Waals surface area contributed by atoms with E-state index in [1.807, 2.05) is 0 Å². The van der Waals surface area contributed by atoms with Crippen molar-refractivity contribution in [2.45, 2.75) is 6.42 Å². The van der Waals surface area contributed by atoms with Gasteiger partial charge in [0.25, 0.3) is 0 Å². The van der Waals surface area contributed by atoms with Crippen molar-refractivity contribution in [1.29, 1.82) is 0 Å². The lowest BCUT2D eigenvalue weighted by Gasteiger charge is -2.05. The Hall–Kier alpha value is -0.300. The summed E-state index contributed by atoms with van der Waals surface area (Å²) in [6.45, 7) is 2.70. The van der Waals surface area contributed by atoms with Crippen LogP contribution in [0.25, 0.3) is 0 Å². The molecule has 5 nitrogen and oxygen atoms in total. The minimum atomic E-state index is -0.335. The number of carbonyl (C=O) groups excluding carboxylic acids is 1. The fourth-order valence-corrected chi connectivity index (χ4v) is 0.938. The summed E-state index contributed by atoms with van der Waals surface area (Å²) in [7, 11) is 0. The van der Waals surface area contributed by atoms with Crippen LogP contribution >= 0.6 is 12.6 Å². The molecule has 0 saturated heterocycles. The van der Waals surface area contributed by atoms with E-state index in [1.54, 1.807) is 0 Å². The molecule has 0 aliphatic heterocycles. The van der Waals surface area contributed by atoms with Crippen LogP contribution < -0.4 is 21.7 Å². The van der Waals surface area contributed by atoms with E-state index >= 15 is 0 Å². The number of nitrogens with two attached hydrogens (primary N) is 1. The fraction of sp³-hybridized carbons (Fsp3) is 0.857. The molecule has 0 radical (unpaired) electrons. The number of carbonyl (C=O) groups is 1. The highest BCUT2D eigenvalue weighted by atomic mass is 32.1. The smallest absolute Gasteiger partial charge is 0.231 e. The molecule has 0 aromatic rings. The van der Waals surface area contributed by atoms with Crippen LogP contribution in [0, 0.1) is 0 Å². The number of nitrogens with one attached hydrogen (secondary N) is 3. The van der Waals surface area contributed by atoms with Gasteiger partial charge in [-0.05, 0) is 19.5 Å². The molecule has 0 bridgehead atoms. The molecule has 0 atom stereocenters. The van der Waals surface area contributed by atoms with Gasteiger partial charge < -0.3 is 16.4 Å². The van der Waals surface area contributed by atoms with Crippen molar-refractivity contribution < 1.29 is 4.79 Å². The zero-order chi connectivity index (χ0) is 9.94. The standard InChI is InChI=1S/C7H18N4OS/c8-7(12)4-11-5-9-2-1-3-10-6-13/h9-11,13H,1-6H2,(H2,8,12). The lowest BCUT2D eigenvalue weighted by atomic mass is 10.4. The van der Waals surface area contributed by atoms with E-state index in [-0.39, 0.29) is 12.5 Å². The van der Waals surface area contributed by atoms with Gasteiger partial charge in [0.05, 0.1) is 6.54 Å². The largest absolute Gasteiger partial charge is 0.369 e. The van der Waals surface area contributed by atoms with Gasteiger partial charge in [0.2, 0.25) is 5.91 Å². The Labute approximate surface area is 84.2 Å². The van der Waals surface area contributed by atoms with Crippen LogP contribution in [-0.2, 0) is 4.79 Å². The van der Waals surface area contributed by atoms with Crippen LogP contribution in [0.1, 0.15) is 6.42 Å². The Balaban J connectivity index is 2.87. The van der Waals surface area contributed by atoms with Crippen LogP contribution in [0.3, 0.4) is 0 Å². The Bertz CT molecular complexity index is 134. The van der Waals surface area contributed by atoms with Gasteiger partial charge in [-0.15, -0.1) is 0 Å². The number of thiol groups is 1. The topological polar surface area (TPSA) is 79.2 Å². The summed E-state index contributed by atoms with van der Waals surface area (Å²) in [5, 5.41) is 9.06. The molecule has 13 heavy (non-hydrogen) atoms. The highest BCUT2D eigenvalue weighted by Gasteiger charge is 1.91. The molecule has 1 amide bonds. The van der Waals surface area contributed by atoms with Gasteiger partial charge in [-0.2, -0.15) is 12.6 Å². The van der Waals surface area contributed by atoms with Gasteiger partial charge in [0.15, 0.2) is 0 Å². The van der Waals surface area contributed by atoms with Gasteiger partial charge in [-0.25, -0.2) is 0 Å². The fourth-order valence-electron chi connectivity index (χ4n) is 0.780. The second kappa shape index (κ2) is 9.79. The van der Waals surface area contributed by atoms with Gasteiger partial charge in [0, 0.05) is 12.5 Å². The number of hydrogen-bond acceptors (Lipinski definition) is 5. The van der Waals surface area contributed by atoms with E-state index in [0.29, 0.717) is 12.5 Å². The van der Waals surface area contributed by atoms with Crippen molar-refractivity contribution in [2.24, 2.45) is 5.73 Å². The zero-order valence-corrected chi connectivity index (χ0v) is 8.57. The summed E-state index contributed by atoms with van der Waals surface area (Å²) in [4.78, 5) is 10.3. The van der Waals surface area contributed by atoms with Crippen LogP contribution in [0.2, 0.25) is 0 Å². The third-order valence-corrected chi connectivity index (χ3v) is 1.59. The molecular formula is C7H18N4OS. The van der Waals surface area contributed by atoms with Crippen molar-refractivity contribution in [1.82, 2.24) is 16.0 Å². The summed E-state index contributed by atoms with van der Waals surface area (Å²) in [6, 6.07) is 0. The summed E-state index contributed by atoms with van der Waals surface area (Å²) in [5.74, 6) is 0.374. The van der Waals surface area contributed by atoms with E-state index in [9.17, 15) is 4.79 Å². The lowest BCUT2D eigenvalue weighted by Crippen LogP contribution is -2.36. The second-order valence-electron chi connectivity index (χ2n) is 2.58. The van der Waals surface area contributed by atoms with Crippen LogP contribution in [0.5, 0.6) is 0 Å². The lowest BCUT2D eigenvalue weighted by molar-refractivity contribution is -0.117. The SMILES string of the molecule is NC(=O)CNCNCCCNCS. The van der Waals surface area contributed by atoms with E-state index in [4.69, 9.17) is 5.73 Å². The normalized spacial score (nSPS) is 10.2. The van der Waals surface area contributed by atoms with Gasteiger partial charge in [-0.3, -0.25) is 10.1 Å². The van der Waals surface area contributed by atoms with Gasteiger partial charge in [0.1, 0.15) is 0 Å². The Morgan fingerprint density at radius 2 is 1.92 bits per heavy atom. The summed E-state index contributed by atoms with van der Waals surface area (Å²) < 4.78 is 0. The quantitative estimate of drug-likeness (QED) is 0.180. The van der Waals surface area contributed by atoms with Crippen molar-refractivity contribution in [3.8, 4) is 0 Å². The molecule has 0 saturated carbocycles. The van der Waals surface area contributed by atoms with Crippen LogP contribution in [-0.4, -0.2) is 38.1 Å². The predicted molar refractivity (Wildman–Crippen MR) is 56.5 cm³/mol. The number of rotatable bonds is 9. The average molecular weight is 206 g/mol. The zero-order valence-electron chi connectivity index (χ0n) is 7.68. The average Bonchev–Trinajstić information content (AvgIpc) is 2.09. The molecule has 6 heteroatoms. The molecule has 78 valence electrons. The molecular weight excluding hydrogens is 188 g/mol. The van der Waals surface area contributed by atoms with Crippen LogP contribution in [0.4, 0.5) is 0 Å². The number of hydrogen-bond donors (Lipinski definition) is 5. The molecule has 0 spiro atoms. The maximum absolute atomic E-state index is 10.3. The van der Waals surface area contributed by atoms with Gasteiger partial charge >= 0.3 is 0 Å². The summed E-state index contributed by atoms with van der Waals surface area (Å²) in [6.07, 6.45) is 1.04. The molecule has 0 unspecified atom stereocenters. The molecule has 0 rings (SSSR count). The maximum Gasteiger partial charge on any atom is 0.231 e. The number of primary amides is 1. The molecule has 0 heterocycles. The van der Waals surface area contributed by atoms with Crippen molar-refractivity contribution in [2.75, 3.05) is 32.2 Å². The first-order valence-electron chi connectivity index (χ1n) is 4.28. The number of amides is 1. The van der Waals surface area contributed by atoms with Gasteiger partial charge in [-0.1, -0.05) is 0 Å². The first kappa shape index (κ1) is 12.7. The van der Waals surface area contributed by atoms with E-state index in [1.165, 1.54) is 0 Å². The van der Waals surface area contributed by atoms with E-state index in [0.717, 1.165) is 19.5 Å². The van der Waals surface area contributed by atoms with Crippen molar-refractivity contribution in [3.63, 3.8) is 0 Å². The second-order valence-corrected chi connectivity index (χ2v) is 2.90. The summed E-state index contributed by atoms with van der Waals surface area (Å²) >= 11 is 4.01. The maximum atomic E-state index is 10.3. The molecule has 5 N–H and O–H groups in total. The van der Waals surface area contributed by atoms with Crippen molar-refractivity contribution in [3.05, 3.63) is 0 Å². The minimum absolute atomic E-state index is 0.224. The highest BCUT2D eigenvalue weighted by molar-refractivity contribution is 7.80. The first-order valence-corrected chi connectivity index (χ1v) is 4.92. The molecule has 0 aliphatic rings. The third kappa shape index (κ3) is 11.7. The molecule has 0 aromatic carbocycles. The highest BCUT2D eigenvalue weighted by Crippen LogP contribution is 1.73. The predicted octanol–water partition coefficient (Wildman–Crippen LogP) is -1.52. The summed E-state index contributed by atoms with van der Waals surface area (Å²) in [5.41, 5.74) is 4.93. The first-order chi connectivity index (χ1) is 6.27. The monoisotopic (exact) mass is 206 g/mol. The van der Waals surface area contributed by atoms with E-state index < -0.39 is 0 Å². The Morgan fingerprint density at radius 3 is 2.54 bits per heavy atom. The minimum Gasteiger partial charge on any atom is -0.369 e. The molecule has 0 aliphatic carbocycles. The van der Waals surface area contributed by atoms with Crippen molar-refractivity contribution >= 4 is 18.5 Å². The third-order valence-electron chi connectivity index (χ3n) is 1.37. The Morgan fingerprint density at radius 1 is 1.23 bits per heavy atom. The molecule has 0 fully saturated rings. The van der Waals surface area contributed by atoms with E-state index in [2.05, 4.69) is 28.6 Å². The molecule has 0 aromatic heterocycles.